The third-order valence-electron chi connectivity index (χ3n) is 3.39. The molecule has 3 nitrogen and oxygen atoms in total. The molecule has 1 aromatic carbocycles. The molecular weight excluding hydrogens is 296 g/mol. The van der Waals surface area contributed by atoms with Crippen LogP contribution in [0.3, 0.4) is 0 Å². The number of aliphatic hydroxyl groups is 2. The Morgan fingerprint density at radius 2 is 2.00 bits per heavy atom. The summed E-state index contributed by atoms with van der Waals surface area (Å²) in [7, 11) is 0. The van der Waals surface area contributed by atoms with Gasteiger partial charge in [-0.15, -0.1) is 0 Å². The zero-order chi connectivity index (χ0) is 13.0. The summed E-state index contributed by atoms with van der Waals surface area (Å²) in [6, 6.07) is 5.55. The Morgan fingerprint density at radius 1 is 1.22 bits per heavy atom. The van der Waals surface area contributed by atoms with Crippen LogP contribution in [0.1, 0.15) is 37.7 Å². The molecule has 1 fully saturated rings. The minimum atomic E-state index is -0.381. The highest BCUT2D eigenvalue weighted by atomic mass is 79.9. The Morgan fingerprint density at radius 3 is 2.78 bits per heavy atom. The van der Waals surface area contributed by atoms with Crippen LogP contribution in [0.2, 0.25) is 0 Å². The Labute approximate surface area is 116 Å². The van der Waals surface area contributed by atoms with Gasteiger partial charge in [0.25, 0.3) is 0 Å². The number of aliphatic hydroxyl groups excluding tert-OH is 2. The van der Waals surface area contributed by atoms with Gasteiger partial charge < -0.3 is 14.9 Å². The number of rotatable bonds is 3. The second-order valence-corrected chi connectivity index (χ2v) is 5.63. The Balaban J connectivity index is 2.07. The largest absolute Gasteiger partial charge is 0.488 e. The van der Waals surface area contributed by atoms with Gasteiger partial charge in [0, 0.05) is 4.47 Å². The molecule has 1 aliphatic rings. The molecule has 1 aliphatic carbocycles. The lowest BCUT2D eigenvalue weighted by molar-refractivity contribution is 0.0319. The predicted molar refractivity (Wildman–Crippen MR) is 73.6 cm³/mol. The predicted octanol–water partition coefficient (Wildman–Crippen LogP) is 3.01. The standard InChI is InChI=1S/C14H19BrO3/c15-12-7-6-11(8-10(12)9-16)18-14-5-3-1-2-4-13(14)17/h6-8,13-14,16-17H,1-5,9H2. The number of hydrogen-bond acceptors (Lipinski definition) is 3. The molecule has 18 heavy (non-hydrogen) atoms. The van der Waals surface area contributed by atoms with Crippen molar-refractivity contribution in [3.8, 4) is 5.75 Å². The molecule has 0 aliphatic heterocycles. The van der Waals surface area contributed by atoms with Crippen molar-refractivity contribution in [3.05, 3.63) is 28.2 Å². The summed E-state index contributed by atoms with van der Waals surface area (Å²) >= 11 is 3.38. The smallest absolute Gasteiger partial charge is 0.124 e. The van der Waals surface area contributed by atoms with Crippen molar-refractivity contribution < 1.29 is 14.9 Å². The van der Waals surface area contributed by atoms with Crippen LogP contribution >= 0.6 is 15.9 Å². The lowest BCUT2D eigenvalue weighted by Gasteiger charge is -2.22. The van der Waals surface area contributed by atoms with Crippen LogP contribution in [0.25, 0.3) is 0 Å². The first-order valence-electron chi connectivity index (χ1n) is 6.44. The van der Waals surface area contributed by atoms with Crippen LogP contribution in [0, 0.1) is 0 Å². The summed E-state index contributed by atoms with van der Waals surface area (Å²) in [4.78, 5) is 0. The zero-order valence-corrected chi connectivity index (χ0v) is 11.9. The zero-order valence-electron chi connectivity index (χ0n) is 10.3. The molecule has 2 atom stereocenters. The molecule has 1 aromatic rings. The van der Waals surface area contributed by atoms with Gasteiger partial charge in [0.05, 0.1) is 12.7 Å². The van der Waals surface area contributed by atoms with Gasteiger partial charge in [-0.2, -0.15) is 0 Å². The third-order valence-corrected chi connectivity index (χ3v) is 4.17. The van der Waals surface area contributed by atoms with Crippen LogP contribution in [-0.4, -0.2) is 22.4 Å². The van der Waals surface area contributed by atoms with Crippen LogP contribution in [0.5, 0.6) is 5.75 Å². The second-order valence-electron chi connectivity index (χ2n) is 4.77. The van der Waals surface area contributed by atoms with E-state index in [1.165, 1.54) is 6.42 Å². The minimum Gasteiger partial charge on any atom is -0.488 e. The highest BCUT2D eigenvalue weighted by Gasteiger charge is 2.23. The SMILES string of the molecule is OCc1cc(OC2CCCCCC2O)ccc1Br. The molecule has 0 amide bonds. The first-order chi connectivity index (χ1) is 8.70. The van der Waals surface area contributed by atoms with E-state index in [0.29, 0.717) is 5.75 Å². The summed E-state index contributed by atoms with van der Waals surface area (Å²) in [5.74, 6) is 0.716. The first kappa shape index (κ1) is 13.8. The van der Waals surface area contributed by atoms with Gasteiger partial charge in [0.2, 0.25) is 0 Å². The van der Waals surface area contributed by atoms with Crippen LogP contribution in [-0.2, 0) is 6.61 Å². The van der Waals surface area contributed by atoms with Crippen molar-refractivity contribution in [2.24, 2.45) is 0 Å². The number of halogens is 1. The molecule has 1 saturated carbocycles. The monoisotopic (exact) mass is 314 g/mol. The molecule has 2 unspecified atom stereocenters. The summed E-state index contributed by atoms with van der Waals surface area (Å²) in [5, 5.41) is 19.2. The Kier molecular flexibility index (Phi) is 5.03. The van der Waals surface area contributed by atoms with E-state index < -0.39 is 0 Å². The van der Waals surface area contributed by atoms with Gasteiger partial charge >= 0.3 is 0 Å². The van der Waals surface area contributed by atoms with E-state index in [4.69, 9.17) is 4.74 Å². The van der Waals surface area contributed by atoms with Gasteiger partial charge in [-0.1, -0.05) is 28.8 Å². The van der Waals surface area contributed by atoms with Crippen molar-refractivity contribution in [1.29, 1.82) is 0 Å². The van der Waals surface area contributed by atoms with Gasteiger partial charge in [-0.05, 0) is 43.0 Å². The molecule has 0 heterocycles. The van der Waals surface area contributed by atoms with E-state index in [0.717, 1.165) is 35.7 Å². The van der Waals surface area contributed by atoms with E-state index in [9.17, 15) is 10.2 Å². The number of benzene rings is 1. The van der Waals surface area contributed by atoms with E-state index in [1.807, 2.05) is 18.2 Å². The highest BCUT2D eigenvalue weighted by molar-refractivity contribution is 9.10. The molecule has 2 N–H and O–H groups in total. The molecule has 0 spiro atoms. The topological polar surface area (TPSA) is 49.7 Å². The maximum atomic E-state index is 10.0. The average Bonchev–Trinajstić information content (AvgIpc) is 2.57. The molecule has 0 bridgehead atoms. The van der Waals surface area contributed by atoms with Crippen LogP contribution in [0.4, 0.5) is 0 Å². The lowest BCUT2D eigenvalue weighted by atomic mass is 10.1. The van der Waals surface area contributed by atoms with Crippen LogP contribution < -0.4 is 4.74 Å². The second kappa shape index (κ2) is 6.55. The van der Waals surface area contributed by atoms with Gasteiger partial charge in [-0.3, -0.25) is 0 Å². The summed E-state index contributed by atoms with van der Waals surface area (Å²) in [6.07, 6.45) is 4.54. The summed E-state index contributed by atoms with van der Waals surface area (Å²) in [5.41, 5.74) is 0.801. The van der Waals surface area contributed by atoms with E-state index >= 15 is 0 Å². The minimum absolute atomic E-state index is 0.0228. The van der Waals surface area contributed by atoms with Crippen molar-refractivity contribution in [1.82, 2.24) is 0 Å². The fraction of sp³-hybridized carbons (Fsp3) is 0.571. The molecule has 0 saturated heterocycles. The third kappa shape index (κ3) is 3.46. The van der Waals surface area contributed by atoms with E-state index in [1.54, 1.807) is 0 Å². The number of hydrogen-bond donors (Lipinski definition) is 2. The molecule has 100 valence electrons. The number of ether oxygens (including phenoxy) is 1. The summed E-state index contributed by atoms with van der Waals surface area (Å²) < 4.78 is 6.74. The molecule has 0 aromatic heterocycles. The Hall–Kier alpha value is -0.580. The fourth-order valence-electron chi connectivity index (χ4n) is 2.31. The van der Waals surface area contributed by atoms with Crippen molar-refractivity contribution in [2.45, 2.75) is 50.9 Å². The van der Waals surface area contributed by atoms with Crippen LogP contribution in [0.15, 0.2) is 22.7 Å². The normalized spacial score (nSPS) is 24.6. The highest BCUT2D eigenvalue weighted by Crippen LogP contribution is 2.27. The molecule has 4 heteroatoms. The van der Waals surface area contributed by atoms with Gasteiger partial charge in [0.15, 0.2) is 0 Å². The quantitative estimate of drug-likeness (QED) is 0.843. The maximum absolute atomic E-state index is 10.0. The fourth-order valence-corrected chi connectivity index (χ4v) is 2.68. The lowest BCUT2D eigenvalue weighted by Crippen LogP contribution is -2.30. The average molecular weight is 315 g/mol. The maximum Gasteiger partial charge on any atom is 0.124 e. The van der Waals surface area contributed by atoms with Crippen molar-refractivity contribution >= 4 is 15.9 Å². The van der Waals surface area contributed by atoms with Gasteiger partial charge in [0.1, 0.15) is 11.9 Å². The van der Waals surface area contributed by atoms with Crippen molar-refractivity contribution in [3.63, 3.8) is 0 Å². The van der Waals surface area contributed by atoms with E-state index in [-0.39, 0.29) is 18.8 Å². The Bertz CT molecular complexity index is 395. The first-order valence-corrected chi connectivity index (χ1v) is 7.24. The van der Waals surface area contributed by atoms with E-state index in [2.05, 4.69) is 15.9 Å². The molecule has 2 rings (SSSR count). The van der Waals surface area contributed by atoms with Gasteiger partial charge in [-0.25, -0.2) is 0 Å². The molecule has 0 radical (unpaired) electrons. The summed E-state index contributed by atoms with van der Waals surface area (Å²) in [6.45, 7) is -0.0228. The molecular formula is C14H19BrO3. The van der Waals surface area contributed by atoms with Crippen molar-refractivity contribution in [2.75, 3.05) is 0 Å².